The minimum Gasteiger partial charge on any atom is -0.381 e. The Bertz CT molecular complexity index is 894. The molecule has 0 radical (unpaired) electrons. The molecule has 26 heavy (non-hydrogen) atoms. The Morgan fingerprint density at radius 3 is 2.58 bits per heavy atom. The second kappa shape index (κ2) is 8.50. The van der Waals surface area contributed by atoms with Crippen LogP contribution in [-0.2, 0) is 13.1 Å². The van der Waals surface area contributed by atoms with E-state index in [0.29, 0.717) is 23.8 Å². The van der Waals surface area contributed by atoms with Gasteiger partial charge >= 0.3 is 0 Å². The van der Waals surface area contributed by atoms with Crippen LogP contribution in [0.15, 0.2) is 66.9 Å². The lowest BCUT2D eigenvalue weighted by atomic mass is 10.1. The van der Waals surface area contributed by atoms with E-state index in [4.69, 9.17) is 11.6 Å². The molecule has 0 aliphatic heterocycles. The molecule has 0 fully saturated rings. The summed E-state index contributed by atoms with van der Waals surface area (Å²) in [6, 6.07) is 19.3. The van der Waals surface area contributed by atoms with Crippen LogP contribution in [0.25, 0.3) is 0 Å². The van der Waals surface area contributed by atoms with E-state index in [1.807, 2.05) is 24.3 Å². The Balaban J connectivity index is 1.59. The van der Waals surface area contributed by atoms with Gasteiger partial charge in [0, 0.05) is 30.0 Å². The molecule has 1 aromatic heterocycles. The van der Waals surface area contributed by atoms with Crippen molar-refractivity contribution in [2.45, 2.75) is 20.0 Å². The van der Waals surface area contributed by atoms with Gasteiger partial charge in [-0.1, -0.05) is 53.6 Å². The highest BCUT2D eigenvalue weighted by Crippen LogP contribution is 2.12. The molecule has 1 heterocycles. The summed E-state index contributed by atoms with van der Waals surface area (Å²) in [5.41, 5.74) is 4.64. The third-order valence-corrected chi connectivity index (χ3v) is 4.19. The first-order valence-corrected chi connectivity index (χ1v) is 8.76. The molecule has 0 saturated heterocycles. The highest BCUT2D eigenvalue weighted by Gasteiger charge is 2.08. The molecular formula is C21H20ClN3O. The maximum Gasteiger partial charge on any atom is 0.270 e. The van der Waals surface area contributed by atoms with Crippen LogP contribution < -0.4 is 10.6 Å². The second-order valence-electron chi connectivity index (χ2n) is 6.08. The Morgan fingerprint density at radius 2 is 1.81 bits per heavy atom. The van der Waals surface area contributed by atoms with E-state index in [9.17, 15) is 4.79 Å². The zero-order valence-corrected chi connectivity index (χ0v) is 15.3. The van der Waals surface area contributed by atoms with Gasteiger partial charge in [-0.05, 0) is 42.3 Å². The Kier molecular flexibility index (Phi) is 5.87. The van der Waals surface area contributed by atoms with Gasteiger partial charge in [-0.2, -0.15) is 0 Å². The number of nitrogens with one attached hydrogen (secondary N) is 2. The summed E-state index contributed by atoms with van der Waals surface area (Å²) in [5, 5.41) is 6.87. The van der Waals surface area contributed by atoms with Gasteiger partial charge in [0.05, 0.1) is 0 Å². The number of aryl methyl sites for hydroxylation is 1. The highest BCUT2D eigenvalue weighted by molar-refractivity contribution is 6.30. The number of benzene rings is 2. The average molecular weight is 366 g/mol. The van der Waals surface area contributed by atoms with Gasteiger partial charge in [0.15, 0.2) is 0 Å². The van der Waals surface area contributed by atoms with Crippen molar-refractivity contribution in [1.82, 2.24) is 10.3 Å². The molecule has 2 aromatic carbocycles. The monoisotopic (exact) mass is 365 g/mol. The minimum atomic E-state index is -0.209. The van der Waals surface area contributed by atoms with E-state index in [0.717, 1.165) is 11.3 Å². The topological polar surface area (TPSA) is 54.0 Å². The third kappa shape index (κ3) is 5.07. The van der Waals surface area contributed by atoms with Crippen LogP contribution in [-0.4, -0.2) is 10.9 Å². The predicted octanol–water partition coefficient (Wildman–Crippen LogP) is 4.59. The summed E-state index contributed by atoms with van der Waals surface area (Å²) in [7, 11) is 0. The van der Waals surface area contributed by atoms with E-state index in [-0.39, 0.29) is 5.91 Å². The fourth-order valence-electron chi connectivity index (χ4n) is 2.57. The molecule has 1 amide bonds. The lowest BCUT2D eigenvalue weighted by molar-refractivity contribution is 0.0946. The Morgan fingerprint density at radius 1 is 1.00 bits per heavy atom. The van der Waals surface area contributed by atoms with Crippen molar-refractivity contribution in [2.75, 3.05) is 5.32 Å². The van der Waals surface area contributed by atoms with Gasteiger partial charge in [0.25, 0.3) is 5.91 Å². The smallest absolute Gasteiger partial charge is 0.270 e. The molecule has 5 heteroatoms. The summed E-state index contributed by atoms with van der Waals surface area (Å²) in [6.07, 6.45) is 1.63. The van der Waals surface area contributed by atoms with Gasteiger partial charge < -0.3 is 10.6 Å². The molecule has 3 rings (SSSR count). The Hall–Kier alpha value is -2.85. The second-order valence-corrected chi connectivity index (χ2v) is 6.52. The fraction of sp³-hybridized carbons (Fsp3) is 0.143. The van der Waals surface area contributed by atoms with Crippen LogP contribution in [0, 0.1) is 6.92 Å². The van der Waals surface area contributed by atoms with Crippen LogP contribution in [0.3, 0.4) is 0 Å². The van der Waals surface area contributed by atoms with Crippen molar-refractivity contribution in [1.29, 1.82) is 0 Å². The molecular weight excluding hydrogens is 346 g/mol. The highest BCUT2D eigenvalue weighted by atomic mass is 35.5. The van der Waals surface area contributed by atoms with Crippen molar-refractivity contribution in [3.05, 3.63) is 94.3 Å². The number of carbonyl (C=O) groups excluding carboxylic acids is 1. The van der Waals surface area contributed by atoms with Crippen molar-refractivity contribution in [3.63, 3.8) is 0 Å². The molecule has 0 saturated carbocycles. The summed E-state index contributed by atoms with van der Waals surface area (Å²) in [5.74, 6) is -0.209. The lowest BCUT2D eigenvalue weighted by Crippen LogP contribution is -2.23. The number of anilines is 1. The molecule has 0 aliphatic rings. The molecule has 132 valence electrons. The van der Waals surface area contributed by atoms with Crippen molar-refractivity contribution >= 4 is 23.2 Å². The quantitative estimate of drug-likeness (QED) is 0.672. The number of nitrogens with zero attached hydrogens (tertiary/aromatic N) is 1. The molecule has 0 aliphatic carbocycles. The first-order chi connectivity index (χ1) is 12.6. The maximum absolute atomic E-state index is 12.3. The standard InChI is InChI=1S/C21H20ClN3O/c1-15-3-2-4-17(11-15)14-24-19-9-10-23-20(12-19)21(26)25-13-16-5-7-18(22)8-6-16/h2-12H,13-14H2,1H3,(H,23,24)(H,25,26). The number of amides is 1. The van der Waals surface area contributed by atoms with E-state index in [2.05, 4.69) is 40.7 Å². The fourth-order valence-corrected chi connectivity index (χ4v) is 2.69. The third-order valence-electron chi connectivity index (χ3n) is 3.94. The molecule has 0 unspecified atom stereocenters. The average Bonchev–Trinajstić information content (AvgIpc) is 2.66. The number of carbonyl (C=O) groups is 1. The van der Waals surface area contributed by atoms with Crippen LogP contribution >= 0.6 is 11.6 Å². The van der Waals surface area contributed by atoms with Crippen LogP contribution in [0.4, 0.5) is 5.69 Å². The van der Waals surface area contributed by atoms with Crippen molar-refractivity contribution < 1.29 is 4.79 Å². The largest absolute Gasteiger partial charge is 0.381 e. The van der Waals surface area contributed by atoms with E-state index in [1.54, 1.807) is 24.4 Å². The minimum absolute atomic E-state index is 0.209. The summed E-state index contributed by atoms with van der Waals surface area (Å²) < 4.78 is 0. The maximum atomic E-state index is 12.3. The number of halogens is 1. The number of aromatic nitrogens is 1. The van der Waals surface area contributed by atoms with Crippen LogP contribution in [0.5, 0.6) is 0 Å². The van der Waals surface area contributed by atoms with E-state index < -0.39 is 0 Å². The van der Waals surface area contributed by atoms with Gasteiger partial charge in [-0.25, -0.2) is 0 Å². The summed E-state index contributed by atoms with van der Waals surface area (Å²) >= 11 is 5.87. The molecule has 0 atom stereocenters. The normalized spacial score (nSPS) is 10.4. The van der Waals surface area contributed by atoms with Gasteiger partial charge in [-0.15, -0.1) is 0 Å². The predicted molar refractivity (Wildman–Crippen MR) is 105 cm³/mol. The zero-order valence-electron chi connectivity index (χ0n) is 14.5. The Labute approximate surface area is 158 Å². The van der Waals surface area contributed by atoms with Gasteiger partial charge in [0.1, 0.15) is 5.69 Å². The number of hydrogen-bond acceptors (Lipinski definition) is 3. The SMILES string of the molecule is Cc1cccc(CNc2ccnc(C(=O)NCc3ccc(Cl)cc3)c2)c1. The van der Waals surface area contributed by atoms with Gasteiger partial charge in [0.2, 0.25) is 0 Å². The van der Waals surface area contributed by atoms with E-state index >= 15 is 0 Å². The van der Waals surface area contributed by atoms with Crippen molar-refractivity contribution in [3.8, 4) is 0 Å². The first-order valence-electron chi connectivity index (χ1n) is 8.38. The zero-order chi connectivity index (χ0) is 18.4. The summed E-state index contributed by atoms with van der Waals surface area (Å²) in [4.78, 5) is 16.5. The lowest BCUT2D eigenvalue weighted by Gasteiger charge is -2.09. The number of hydrogen-bond donors (Lipinski definition) is 2. The number of pyridine rings is 1. The van der Waals surface area contributed by atoms with Crippen LogP contribution in [0.2, 0.25) is 5.02 Å². The number of rotatable bonds is 6. The van der Waals surface area contributed by atoms with Crippen LogP contribution in [0.1, 0.15) is 27.2 Å². The molecule has 4 nitrogen and oxygen atoms in total. The molecule has 2 N–H and O–H groups in total. The summed E-state index contributed by atoms with van der Waals surface area (Å²) in [6.45, 7) is 3.19. The first kappa shape index (κ1) is 18.0. The van der Waals surface area contributed by atoms with E-state index in [1.165, 1.54) is 11.1 Å². The molecule has 0 spiro atoms. The van der Waals surface area contributed by atoms with Crippen molar-refractivity contribution in [2.24, 2.45) is 0 Å². The van der Waals surface area contributed by atoms with Gasteiger partial charge in [-0.3, -0.25) is 9.78 Å². The molecule has 3 aromatic rings. The molecule has 0 bridgehead atoms.